The summed E-state index contributed by atoms with van der Waals surface area (Å²) in [5, 5.41) is 8.94. The Morgan fingerprint density at radius 3 is 1.93 bits per heavy atom. The number of hydrogen-bond donors (Lipinski definition) is 1. The highest BCUT2D eigenvalue weighted by Crippen LogP contribution is 2.18. The Hall–Kier alpha value is -1.58. The first-order valence-corrected chi connectivity index (χ1v) is 10.7. The van der Waals surface area contributed by atoms with Crippen molar-refractivity contribution >= 4 is 11.9 Å². The van der Waals surface area contributed by atoms with Gasteiger partial charge in [-0.05, 0) is 26.2 Å². The number of carboxylic acids is 1. The Labute approximate surface area is 166 Å². The second-order valence-corrected chi connectivity index (χ2v) is 7.25. The molecule has 0 aromatic rings. The average Bonchev–Trinajstić information content (AvgIpc) is 2.65. The maximum atomic E-state index is 11.9. The second-order valence-electron chi connectivity index (χ2n) is 7.25. The standard InChI is InChI=1S/C23H40O4/c1-3-5-6-7-8-9-10-11-12-13-14-15-16-17-18-21(20-22(24)25)23(26)27-19-4-2/h3-5,21H,2,6-20H2,1H3,(H,24,25)/b5-3+. The first-order chi connectivity index (χ1) is 13.1. The molecule has 0 aromatic carbocycles. The zero-order valence-corrected chi connectivity index (χ0v) is 17.3. The molecular formula is C23H40O4. The highest BCUT2D eigenvalue weighted by Gasteiger charge is 2.22. The summed E-state index contributed by atoms with van der Waals surface area (Å²) < 4.78 is 5.00. The normalized spacial score (nSPS) is 12.2. The van der Waals surface area contributed by atoms with Crippen LogP contribution in [0.5, 0.6) is 0 Å². The van der Waals surface area contributed by atoms with E-state index in [2.05, 4.69) is 25.7 Å². The van der Waals surface area contributed by atoms with Gasteiger partial charge in [0.1, 0.15) is 6.61 Å². The summed E-state index contributed by atoms with van der Waals surface area (Å²) in [6, 6.07) is 0. The van der Waals surface area contributed by atoms with Crippen LogP contribution in [0, 0.1) is 5.92 Å². The van der Waals surface area contributed by atoms with Gasteiger partial charge in [0, 0.05) is 0 Å². The van der Waals surface area contributed by atoms with Gasteiger partial charge < -0.3 is 9.84 Å². The molecule has 0 aliphatic carbocycles. The largest absolute Gasteiger partial charge is 0.481 e. The first kappa shape index (κ1) is 25.4. The van der Waals surface area contributed by atoms with Crippen molar-refractivity contribution in [2.75, 3.05) is 6.61 Å². The van der Waals surface area contributed by atoms with E-state index >= 15 is 0 Å². The van der Waals surface area contributed by atoms with Crippen LogP contribution in [-0.2, 0) is 14.3 Å². The molecule has 0 saturated heterocycles. The van der Waals surface area contributed by atoms with E-state index in [1.807, 2.05) is 0 Å². The third kappa shape index (κ3) is 17.6. The molecule has 0 amide bonds. The van der Waals surface area contributed by atoms with Crippen molar-refractivity contribution in [2.24, 2.45) is 5.92 Å². The number of carboxylic acid groups (broad SMARTS) is 1. The molecule has 0 rings (SSSR count). The summed E-state index contributed by atoms with van der Waals surface area (Å²) in [6.07, 6.45) is 21.1. The van der Waals surface area contributed by atoms with Crippen LogP contribution in [0.3, 0.4) is 0 Å². The molecule has 0 spiro atoms. The Kier molecular flexibility index (Phi) is 18.1. The molecule has 0 aliphatic heterocycles. The van der Waals surface area contributed by atoms with Crippen molar-refractivity contribution in [3.8, 4) is 0 Å². The van der Waals surface area contributed by atoms with Crippen molar-refractivity contribution < 1.29 is 19.4 Å². The van der Waals surface area contributed by atoms with Crippen LogP contribution in [-0.4, -0.2) is 23.7 Å². The van der Waals surface area contributed by atoms with Gasteiger partial charge in [-0.2, -0.15) is 0 Å². The Bertz CT molecular complexity index is 415. The van der Waals surface area contributed by atoms with Crippen molar-refractivity contribution in [3.63, 3.8) is 0 Å². The summed E-state index contributed by atoms with van der Waals surface area (Å²) in [6.45, 7) is 5.72. The molecule has 0 radical (unpaired) electrons. The fraction of sp³-hybridized carbons (Fsp3) is 0.739. The van der Waals surface area contributed by atoms with Crippen molar-refractivity contribution in [3.05, 3.63) is 24.8 Å². The average molecular weight is 381 g/mol. The smallest absolute Gasteiger partial charge is 0.309 e. The molecule has 1 unspecified atom stereocenters. The molecule has 0 saturated carbocycles. The summed E-state index contributed by atoms with van der Waals surface area (Å²) >= 11 is 0. The Balaban J connectivity index is 3.57. The Morgan fingerprint density at radius 2 is 1.44 bits per heavy atom. The third-order valence-corrected chi connectivity index (χ3v) is 4.76. The maximum Gasteiger partial charge on any atom is 0.309 e. The topological polar surface area (TPSA) is 63.6 Å². The number of carbonyl (C=O) groups is 2. The first-order valence-electron chi connectivity index (χ1n) is 10.7. The van der Waals surface area contributed by atoms with Gasteiger partial charge in [0.15, 0.2) is 0 Å². The van der Waals surface area contributed by atoms with Crippen LogP contribution in [0.2, 0.25) is 0 Å². The van der Waals surface area contributed by atoms with E-state index in [-0.39, 0.29) is 13.0 Å². The Morgan fingerprint density at radius 1 is 0.926 bits per heavy atom. The zero-order valence-electron chi connectivity index (χ0n) is 17.3. The van der Waals surface area contributed by atoms with Gasteiger partial charge >= 0.3 is 11.9 Å². The SMILES string of the molecule is C=CCOC(=O)C(CCCCCCCCCCCCC/C=C/C)CC(=O)O. The fourth-order valence-corrected chi connectivity index (χ4v) is 3.18. The van der Waals surface area contributed by atoms with Gasteiger partial charge in [-0.3, -0.25) is 9.59 Å². The molecule has 4 heteroatoms. The molecule has 0 bridgehead atoms. The zero-order chi connectivity index (χ0) is 20.2. The molecule has 4 nitrogen and oxygen atoms in total. The van der Waals surface area contributed by atoms with Crippen LogP contribution in [0.1, 0.15) is 96.8 Å². The summed E-state index contributed by atoms with van der Waals surface area (Å²) in [5.74, 6) is -1.89. The van der Waals surface area contributed by atoms with E-state index in [9.17, 15) is 9.59 Å². The van der Waals surface area contributed by atoms with E-state index in [0.717, 1.165) is 19.3 Å². The minimum Gasteiger partial charge on any atom is -0.481 e. The number of unbranched alkanes of at least 4 members (excludes halogenated alkanes) is 11. The maximum absolute atomic E-state index is 11.9. The summed E-state index contributed by atoms with van der Waals surface area (Å²) in [4.78, 5) is 22.8. The van der Waals surface area contributed by atoms with Gasteiger partial charge in [0.25, 0.3) is 0 Å². The van der Waals surface area contributed by atoms with E-state index in [0.29, 0.717) is 6.42 Å². The van der Waals surface area contributed by atoms with E-state index in [4.69, 9.17) is 9.84 Å². The van der Waals surface area contributed by atoms with Gasteiger partial charge in [0.2, 0.25) is 0 Å². The molecule has 0 aliphatic rings. The lowest BCUT2D eigenvalue weighted by atomic mass is 9.97. The number of carbonyl (C=O) groups excluding carboxylic acids is 1. The van der Waals surface area contributed by atoms with Crippen LogP contribution < -0.4 is 0 Å². The van der Waals surface area contributed by atoms with E-state index in [1.165, 1.54) is 63.9 Å². The lowest BCUT2D eigenvalue weighted by Crippen LogP contribution is -2.21. The molecule has 1 atom stereocenters. The molecular weight excluding hydrogens is 340 g/mol. The van der Waals surface area contributed by atoms with E-state index in [1.54, 1.807) is 0 Å². The highest BCUT2D eigenvalue weighted by molar-refractivity contribution is 5.79. The number of rotatable bonds is 19. The molecule has 0 aromatic heterocycles. The third-order valence-electron chi connectivity index (χ3n) is 4.76. The second kappa shape index (κ2) is 19.2. The van der Waals surface area contributed by atoms with Crippen molar-refractivity contribution in [2.45, 2.75) is 96.8 Å². The van der Waals surface area contributed by atoms with Gasteiger partial charge in [0.05, 0.1) is 12.3 Å². The summed E-state index contributed by atoms with van der Waals surface area (Å²) in [5.41, 5.74) is 0. The molecule has 27 heavy (non-hydrogen) atoms. The van der Waals surface area contributed by atoms with Crippen LogP contribution >= 0.6 is 0 Å². The van der Waals surface area contributed by atoms with Gasteiger partial charge in [-0.25, -0.2) is 0 Å². The number of ether oxygens (including phenoxy) is 1. The summed E-state index contributed by atoms with van der Waals surface area (Å²) in [7, 11) is 0. The van der Waals surface area contributed by atoms with Crippen molar-refractivity contribution in [1.29, 1.82) is 0 Å². The van der Waals surface area contributed by atoms with Crippen LogP contribution in [0.15, 0.2) is 24.8 Å². The number of esters is 1. The molecule has 0 heterocycles. The van der Waals surface area contributed by atoms with Crippen LogP contribution in [0.25, 0.3) is 0 Å². The minimum absolute atomic E-state index is 0.144. The highest BCUT2D eigenvalue weighted by atomic mass is 16.5. The van der Waals surface area contributed by atoms with E-state index < -0.39 is 17.9 Å². The fourth-order valence-electron chi connectivity index (χ4n) is 3.18. The van der Waals surface area contributed by atoms with Crippen LogP contribution in [0.4, 0.5) is 0 Å². The number of allylic oxidation sites excluding steroid dienone is 2. The van der Waals surface area contributed by atoms with Gasteiger partial charge in [-0.1, -0.05) is 89.0 Å². The monoisotopic (exact) mass is 380 g/mol. The molecule has 1 N–H and O–H groups in total. The molecule has 156 valence electrons. The van der Waals surface area contributed by atoms with Gasteiger partial charge in [-0.15, -0.1) is 0 Å². The quantitative estimate of drug-likeness (QED) is 0.159. The lowest BCUT2D eigenvalue weighted by Gasteiger charge is -2.13. The predicted molar refractivity (Wildman–Crippen MR) is 112 cm³/mol. The number of aliphatic carboxylic acids is 1. The predicted octanol–water partition coefficient (Wildman–Crippen LogP) is 6.45. The number of hydrogen-bond acceptors (Lipinski definition) is 3. The minimum atomic E-state index is -0.947. The van der Waals surface area contributed by atoms with Crippen molar-refractivity contribution in [1.82, 2.24) is 0 Å². The molecule has 0 fully saturated rings. The lowest BCUT2D eigenvalue weighted by molar-refractivity contribution is -0.152.